The number of hydrogen-bond acceptors (Lipinski definition) is 6. The fraction of sp³-hybridized carbons (Fsp3) is 0.174. The van der Waals surface area contributed by atoms with Crippen LogP contribution >= 0.6 is 0 Å². The van der Waals surface area contributed by atoms with Gasteiger partial charge in [-0.05, 0) is 54.4 Å². The Kier molecular flexibility index (Phi) is 7.52. The minimum Gasteiger partial charge on any atom is -0.462 e. The summed E-state index contributed by atoms with van der Waals surface area (Å²) in [6, 6.07) is 16.4. The average molecular weight is 472 g/mol. The number of rotatable bonds is 9. The zero-order valence-electron chi connectivity index (χ0n) is 17.7. The molecule has 3 aromatic rings. The lowest BCUT2D eigenvalue weighted by atomic mass is 10.1. The highest BCUT2D eigenvalue weighted by molar-refractivity contribution is 7.89. The molecule has 0 unspecified atom stereocenters. The SMILES string of the molecule is CCOC(=O)c1ccc(CN(Cc2ccc(F)cc2)S(=O)(=O)c2ccc([N+](=O)[O-])cc2)cc1. The molecule has 0 bridgehead atoms. The highest BCUT2D eigenvalue weighted by Gasteiger charge is 2.26. The van der Waals surface area contributed by atoms with Crippen LogP contribution in [0.25, 0.3) is 0 Å². The van der Waals surface area contributed by atoms with Gasteiger partial charge in [0.05, 0.1) is 22.0 Å². The summed E-state index contributed by atoms with van der Waals surface area (Å²) >= 11 is 0. The van der Waals surface area contributed by atoms with Crippen LogP contribution in [0, 0.1) is 15.9 Å². The first-order valence-corrected chi connectivity index (χ1v) is 11.4. The van der Waals surface area contributed by atoms with E-state index in [1.165, 1.54) is 40.7 Å². The Balaban J connectivity index is 1.92. The van der Waals surface area contributed by atoms with Crippen molar-refractivity contribution >= 4 is 21.7 Å². The molecule has 0 aliphatic heterocycles. The number of nitro benzene ring substituents is 1. The van der Waals surface area contributed by atoms with Crippen molar-refractivity contribution in [1.82, 2.24) is 4.31 Å². The molecule has 0 amide bonds. The number of benzene rings is 3. The van der Waals surface area contributed by atoms with Crippen LogP contribution in [0.15, 0.2) is 77.7 Å². The molecule has 0 aromatic heterocycles. The fourth-order valence-electron chi connectivity index (χ4n) is 3.07. The van der Waals surface area contributed by atoms with E-state index >= 15 is 0 Å². The van der Waals surface area contributed by atoms with Gasteiger partial charge in [0.1, 0.15) is 5.82 Å². The first kappa shape index (κ1) is 24.0. The molecule has 8 nitrogen and oxygen atoms in total. The zero-order chi connectivity index (χ0) is 24.0. The second kappa shape index (κ2) is 10.3. The summed E-state index contributed by atoms with van der Waals surface area (Å²) in [5.74, 6) is -0.927. The molecule has 0 fully saturated rings. The highest BCUT2D eigenvalue weighted by atomic mass is 32.2. The minimum atomic E-state index is -4.06. The molecule has 0 saturated heterocycles. The maximum atomic E-state index is 13.4. The van der Waals surface area contributed by atoms with E-state index in [0.29, 0.717) is 16.7 Å². The van der Waals surface area contributed by atoms with Gasteiger partial charge in [-0.15, -0.1) is 0 Å². The second-order valence-corrected chi connectivity index (χ2v) is 9.01. The average Bonchev–Trinajstić information content (AvgIpc) is 2.80. The quantitative estimate of drug-likeness (QED) is 0.261. The number of nitro groups is 1. The lowest BCUT2D eigenvalue weighted by molar-refractivity contribution is -0.384. The molecular weight excluding hydrogens is 451 g/mol. The third-order valence-electron chi connectivity index (χ3n) is 4.78. The van der Waals surface area contributed by atoms with Gasteiger partial charge in [-0.25, -0.2) is 17.6 Å². The number of non-ortho nitro benzene ring substituents is 1. The summed E-state index contributed by atoms with van der Waals surface area (Å²) in [5.41, 5.74) is 1.28. The van der Waals surface area contributed by atoms with Gasteiger partial charge in [-0.2, -0.15) is 4.31 Å². The van der Waals surface area contributed by atoms with Crippen molar-refractivity contribution in [3.63, 3.8) is 0 Å². The van der Waals surface area contributed by atoms with Gasteiger partial charge in [0.2, 0.25) is 10.0 Å². The first-order chi connectivity index (χ1) is 15.7. The van der Waals surface area contributed by atoms with Gasteiger partial charge in [0, 0.05) is 25.2 Å². The predicted molar refractivity (Wildman–Crippen MR) is 118 cm³/mol. The fourth-order valence-corrected chi connectivity index (χ4v) is 4.49. The van der Waals surface area contributed by atoms with Crippen molar-refractivity contribution in [3.05, 3.63) is 105 Å². The summed E-state index contributed by atoms with van der Waals surface area (Å²) in [6.45, 7) is 1.83. The molecule has 0 saturated carbocycles. The van der Waals surface area contributed by atoms with Gasteiger partial charge in [-0.1, -0.05) is 24.3 Å². The topological polar surface area (TPSA) is 107 Å². The number of carbonyl (C=O) groups excluding carboxylic acids is 1. The molecule has 10 heteroatoms. The number of ether oxygens (including phenoxy) is 1. The Hall–Kier alpha value is -3.63. The van der Waals surface area contributed by atoms with Crippen molar-refractivity contribution < 1.29 is 27.3 Å². The number of sulfonamides is 1. The summed E-state index contributed by atoms with van der Waals surface area (Å²) in [7, 11) is -4.06. The summed E-state index contributed by atoms with van der Waals surface area (Å²) in [6.07, 6.45) is 0. The van der Waals surface area contributed by atoms with Crippen LogP contribution in [-0.2, 0) is 27.8 Å². The van der Waals surface area contributed by atoms with E-state index < -0.39 is 26.7 Å². The van der Waals surface area contributed by atoms with Gasteiger partial charge >= 0.3 is 5.97 Å². The van der Waals surface area contributed by atoms with E-state index in [1.54, 1.807) is 31.2 Å². The monoisotopic (exact) mass is 472 g/mol. The summed E-state index contributed by atoms with van der Waals surface area (Å²) in [4.78, 5) is 22.0. The molecule has 172 valence electrons. The molecular formula is C23H21FN2O6S. The van der Waals surface area contributed by atoms with Gasteiger partial charge in [-0.3, -0.25) is 10.1 Å². The third kappa shape index (κ3) is 5.99. The van der Waals surface area contributed by atoms with Crippen LogP contribution in [-0.4, -0.2) is 30.2 Å². The highest BCUT2D eigenvalue weighted by Crippen LogP contribution is 2.24. The van der Waals surface area contributed by atoms with E-state index in [1.807, 2.05) is 0 Å². The van der Waals surface area contributed by atoms with Crippen LogP contribution < -0.4 is 0 Å². The molecule has 0 spiro atoms. The molecule has 3 aromatic carbocycles. The molecule has 0 heterocycles. The van der Waals surface area contributed by atoms with Crippen LogP contribution in [0.5, 0.6) is 0 Å². The normalized spacial score (nSPS) is 11.4. The summed E-state index contributed by atoms with van der Waals surface area (Å²) in [5, 5.41) is 10.9. The van der Waals surface area contributed by atoms with Gasteiger partial charge < -0.3 is 4.74 Å². The van der Waals surface area contributed by atoms with Crippen LogP contribution in [0.3, 0.4) is 0 Å². The number of carbonyl (C=O) groups is 1. The molecule has 0 aliphatic rings. The molecule has 0 aliphatic carbocycles. The third-order valence-corrected chi connectivity index (χ3v) is 6.59. The maximum absolute atomic E-state index is 13.4. The molecule has 3 rings (SSSR count). The van der Waals surface area contributed by atoms with E-state index in [9.17, 15) is 27.7 Å². The Morgan fingerprint density at radius 2 is 1.45 bits per heavy atom. The van der Waals surface area contributed by atoms with Crippen LogP contribution in [0.4, 0.5) is 10.1 Å². The Bertz CT molecular complexity index is 1230. The van der Waals surface area contributed by atoms with Crippen LogP contribution in [0.1, 0.15) is 28.4 Å². The molecule has 0 radical (unpaired) electrons. The lowest BCUT2D eigenvalue weighted by Gasteiger charge is -2.23. The maximum Gasteiger partial charge on any atom is 0.338 e. The second-order valence-electron chi connectivity index (χ2n) is 7.07. The molecule has 0 N–H and O–H groups in total. The standard InChI is InChI=1S/C23H21FN2O6S/c1-2-32-23(27)19-7-3-17(4-8-19)15-25(16-18-5-9-20(24)10-6-18)33(30,31)22-13-11-21(12-14-22)26(28)29/h3-14H,2,15-16H2,1H3. The van der Waals surface area contributed by atoms with Crippen molar-refractivity contribution in [2.24, 2.45) is 0 Å². The van der Waals surface area contributed by atoms with E-state index in [-0.39, 0.29) is 30.3 Å². The molecule has 33 heavy (non-hydrogen) atoms. The first-order valence-electron chi connectivity index (χ1n) is 9.96. The lowest BCUT2D eigenvalue weighted by Crippen LogP contribution is -2.30. The minimum absolute atomic E-state index is 0.0419. The van der Waals surface area contributed by atoms with Crippen LogP contribution in [0.2, 0.25) is 0 Å². The number of halogens is 1. The number of hydrogen-bond donors (Lipinski definition) is 0. The van der Waals surface area contributed by atoms with E-state index in [2.05, 4.69) is 0 Å². The van der Waals surface area contributed by atoms with Gasteiger partial charge in [0.15, 0.2) is 0 Å². The van der Waals surface area contributed by atoms with Crippen molar-refractivity contribution in [3.8, 4) is 0 Å². The van der Waals surface area contributed by atoms with Crippen molar-refractivity contribution in [1.29, 1.82) is 0 Å². The molecule has 0 atom stereocenters. The van der Waals surface area contributed by atoms with Gasteiger partial charge in [0.25, 0.3) is 5.69 Å². The number of esters is 1. The predicted octanol–water partition coefficient (Wildman–Crippen LogP) is 4.30. The van der Waals surface area contributed by atoms with E-state index in [0.717, 1.165) is 12.1 Å². The van der Waals surface area contributed by atoms with E-state index in [4.69, 9.17) is 4.74 Å². The zero-order valence-corrected chi connectivity index (χ0v) is 18.5. The Morgan fingerprint density at radius 1 is 0.939 bits per heavy atom. The largest absolute Gasteiger partial charge is 0.462 e. The van der Waals surface area contributed by atoms with Crippen molar-refractivity contribution in [2.75, 3.05) is 6.61 Å². The number of nitrogens with zero attached hydrogens (tertiary/aromatic N) is 2. The van der Waals surface area contributed by atoms with Crippen molar-refractivity contribution in [2.45, 2.75) is 24.9 Å². The Labute approximate surface area is 190 Å². The smallest absolute Gasteiger partial charge is 0.338 e. The summed E-state index contributed by atoms with van der Waals surface area (Å²) < 4.78 is 46.2. The Morgan fingerprint density at radius 3 is 1.94 bits per heavy atom.